The fourth-order valence-corrected chi connectivity index (χ4v) is 3.21. The molecule has 7 nitrogen and oxygen atoms in total. The van der Waals surface area contributed by atoms with Crippen LogP contribution in [0.4, 0.5) is 4.39 Å². The van der Waals surface area contributed by atoms with Crippen LogP contribution in [0.15, 0.2) is 29.2 Å². The van der Waals surface area contributed by atoms with E-state index < -0.39 is 44.6 Å². The number of carbonyl (C=O) groups is 2. The molecule has 0 aliphatic rings. The lowest BCUT2D eigenvalue weighted by molar-refractivity contribution is -0.137. The molecule has 23 heavy (non-hydrogen) atoms. The Hall–Kier alpha value is -2.00. The third-order valence-corrected chi connectivity index (χ3v) is 4.47. The first kappa shape index (κ1) is 19.0. The first-order chi connectivity index (χ1) is 10.6. The van der Waals surface area contributed by atoms with Crippen LogP contribution < -0.4 is 10.0 Å². The van der Waals surface area contributed by atoms with Crippen LogP contribution in [0, 0.1) is 11.7 Å². The second kappa shape index (κ2) is 8.02. The summed E-state index contributed by atoms with van der Waals surface area (Å²) < 4.78 is 40.3. The highest BCUT2D eigenvalue weighted by Gasteiger charge is 2.29. The molecule has 1 amide bonds. The summed E-state index contributed by atoms with van der Waals surface area (Å²) in [5, 5.41) is 10.9. The summed E-state index contributed by atoms with van der Waals surface area (Å²) in [6, 6.07) is 3.68. The Bertz CT molecular complexity index is 676. The molecule has 0 bridgehead atoms. The van der Waals surface area contributed by atoms with Crippen molar-refractivity contribution in [1.82, 2.24) is 10.0 Å². The first-order valence-electron chi connectivity index (χ1n) is 6.91. The molecule has 0 saturated carbocycles. The molecule has 9 heteroatoms. The number of sulfonamides is 1. The number of nitrogens with one attached hydrogen (secondary N) is 2. The van der Waals surface area contributed by atoms with E-state index in [1.54, 1.807) is 13.8 Å². The molecule has 128 valence electrons. The highest BCUT2D eigenvalue weighted by atomic mass is 32.2. The molecule has 1 aromatic carbocycles. The predicted molar refractivity (Wildman–Crippen MR) is 80.6 cm³/mol. The van der Waals surface area contributed by atoms with Crippen molar-refractivity contribution in [2.75, 3.05) is 6.54 Å². The number of carboxylic acid groups (broad SMARTS) is 1. The van der Waals surface area contributed by atoms with Crippen molar-refractivity contribution in [1.29, 1.82) is 0 Å². The maximum absolute atomic E-state index is 13.6. The van der Waals surface area contributed by atoms with Crippen LogP contribution in [-0.2, 0) is 19.6 Å². The van der Waals surface area contributed by atoms with E-state index in [0.717, 1.165) is 12.1 Å². The van der Waals surface area contributed by atoms with Crippen LogP contribution in [0.1, 0.15) is 20.3 Å². The summed E-state index contributed by atoms with van der Waals surface area (Å²) in [4.78, 5) is 21.9. The molecule has 0 unspecified atom stereocenters. The lowest BCUT2D eigenvalue weighted by atomic mass is 10.1. The quantitative estimate of drug-likeness (QED) is 0.642. The molecule has 0 fully saturated rings. The van der Waals surface area contributed by atoms with Gasteiger partial charge in [0, 0.05) is 6.54 Å². The molecule has 0 aromatic heterocycles. The predicted octanol–water partition coefficient (Wildman–Crippen LogP) is 0.720. The molecule has 1 aromatic rings. The summed E-state index contributed by atoms with van der Waals surface area (Å²) in [7, 11) is -4.22. The summed E-state index contributed by atoms with van der Waals surface area (Å²) >= 11 is 0. The summed E-state index contributed by atoms with van der Waals surface area (Å²) in [5.74, 6) is -3.09. The molecule has 0 heterocycles. The average Bonchev–Trinajstić information content (AvgIpc) is 2.44. The Morgan fingerprint density at radius 1 is 1.26 bits per heavy atom. The second-order valence-corrected chi connectivity index (χ2v) is 6.89. The van der Waals surface area contributed by atoms with Crippen LogP contribution in [0.5, 0.6) is 0 Å². The number of carboxylic acids is 1. The lowest BCUT2D eigenvalue weighted by Gasteiger charge is -2.21. The largest absolute Gasteiger partial charge is 0.481 e. The minimum absolute atomic E-state index is 0.126. The van der Waals surface area contributed by atoms with Crippen LogP contribution in [0.2, 0.25) is 0 Å². The number of rotatable bonds is 8. The van der Waals surface area contributed by atoms with Gasteiger partial charge in [-0.3, -0.25) is 9.59 Å². The zero-order valence-corrected chi connectivity index (χ0v) is 13.6. The Morgan fingerprint density at radius 3 is 2.39 bits per heavy atom. The van der Waals surface area contributed by atoms with Crippen molar-refractivity contribution in [2.24, 2.45) is 5.92 Å². The normalized spacial score (nSPS) is 12.9. The lowest BCUT2D eigenvalue weighted by Crippen LogP contribution is -2.50. The molecule has 0 saturated heterocycles. The number of amides is 1. The van der Waals surface area contributed by atoms with Crippen LogP contribution in [0.3, 0.4) is 0 Å². The van der Waals surface area contributed by atoms with Crippen molar-refractivity contribution in [3.8, 4) is 0 Å². The SMILES string of the molecule is CC(C)[C@H](NS(=O)(=O)c1ccccc1F)C(=O)NCCC(=O)O. The Balaban J connectivity index is 2.89. The number of aliphatic carboxylic acids is 1. The minimum Gasteiger partial charge on any atom is -0.481 e. The molecule has 3 N–H and O–H groups in total. The van der Waals surface area contributed by atoms with Crippen molar-refractivity contribution >= 4 is 21.9 Å². The summed E-state index contributed by atoms with van der Waals surface area (Å²) in [6.45, 7) is 3.11. The second-order valence-electron chi connectivity index (χ2n) is 5.21. The standard InChI is InChI=1S/C14H19FN2O5S/c1-9(2)13(14(20)16-8-7-12(18)19)17-23(21,22)11-6-4-3-5-10(11)15/h3-6,9,13,17H,7-8H2,1-2H3,(H,16,20)(H,18,19)/t13-/m0/s1. The van der Waals surface area contributed by atoms with Gasteiger partial charge in [-0.1, -0.05) is 26.0 Å². The number of halogens is 1. The summed E-state index contributed by atoms with van der Waals surface area (Å²) in [6.07, 6.45) is -0.281. The van der Waals surface area contributed by atoms with Gasteiger partial charge in [0.05, 0.1) is 6.42 Å². The van der Waals surface area contributed by atoms with Crippen molar-refractivity contribution in [3.05, 3.63) is 30.1 Å². The number of hydrogen-bond acceptors (Lipinski definition) is 4. The van der Waals surface area contributed by atoms with E-state index in [2.05, 4.69) is 10.0 Å². The first-order valence-corrected chi connectivity index (χ1v) is 8.40. The Labute approximate surface area is 133 Å². The van der Waals surface area contributed by atoms with Gasteiger partial charge in [-0.25, -0.2) is 12.8 Å². The van der Waals surface area contributed by atoms with Gasteiger partial charge in [0.2, 0.25) is 15.9 Å². The van der Waals surface area contributed by atoms with Crippen LogP contribution in [0.25, 0.3) is 0 Å². The van der Waals surface area contributed by atoms with Gasteiger partial charge in [0.25, 0.3) is 0 Å². The highest BCUT2D eigenvalue weighted by molar-refractivity contribution is 7.89. The van der Waals surface area contributed by atoms with Gasteiger partial charge in [-0.2, -0.15) is 4.72 Å². The van der Waals surface area contributed by atoms with Gasteiger partial charge in [0.1, 0.15) is 16.8 Å². The highest BCUT2D eigenvalue weighted by Crippen LogP contribution is 2.15. The van der Waals surface area contributed by atoms with E-state index in [-0.39, 0.29) is 13.0 Å². The van der Waals surface area contributed by atoms with Gasteiger partial charge in [-0.05, 0) is 18.1 Å². The van der Waals surface area contributed by atoms with E-state index in [1.165, 1.54) is 12.1 Å². The van der Waals surface area contributed by atoms with Crippen molar-refractivity contribution in [3.63, 3.8) is 0 Å². The zero-order valence-electron chi connectivity index (χ0n) is 12.7. The van der Waals surface area contributed by atoms with E-state index in [0.29, 0.717) is 0 Å². The molecule has 0 spiro atoms. The van der Waals surface area contributed by atoms with E-state index in [1.807, 2.05) is 0 Å². The molecule has 0 aliphatic heterocycles. The maximum atomic E-state index is 13.6. The van der Waals surface area contributed by atoms with Gasteiger partial charge in [-0.15, -0.1) is 0 Å². The van der Waals surface area contributed by atoms with Crippen molar-refractivity contribution < 1.29 is 27.5 Å². The monoisotopic (exact) mass is 346 g/mol. The fraction of sp³-hybridized carbons (Fsp3) is 0.429. The van der Waals surface area contributed by atoms with E-state index in [4.69, 9.17) is 5.11 Å². The van der Waals surface area contributed by atoms with E-state index in [9.17, 15) is 22.4 Å². The number of benzene rings is 1. The third kappa shape index (κ3) is 5.61. The minimum atomic E-state index is -4.22. The molecular formula is C14H19FN2O5S. The van der Waals surface area contributed by atoms with Gasteiger partial charge >= 0.3 is 5.97 Å². The van der Waals surface area contributed by atoms with E-state index >= 15 is 0 Å². The number of hydrogen-bond donors (Lipinski definition) is 3. The molecule has 0 radical (unpaired) electrons. The zero-order chi connectivity index (χ0) is 17.6. The molecule has 0 aliphatic carbocycles. The van der Waals surface area contributed by atoms with Crippen LogP contribution >= 0.6 is 0 Å². The average molecular weight is 346 g/mol. The third-order valence-electron chi connectivity index (χ3n) is 3.00. The topological polar surface area (TPSA) is 113 Å². The van der Waals surface area contributed by atoms with Crippen molar-refractivity contribution in [2.45, 2.75) is 31.2 Å². The van der Waals surface area contributed by atoms with Gasteiger partial charge in [0.15, 0.2) is 0 Å². The molecule has 1 atom stereocenters. The Kier molecular flexibility index (Phi) is 6.64. The molecular weight excluding hydrogens is 327 g/mol. The smallest absolute Gasteiger partial charge is 0.305 e. The molecule has 1 rings (SSSR count). The van der Waals surface area contributed by atoms with Gasteiger partial charge < -0.3 is 10.4 Å². The van der Waals surface area contributed by atoms with Crippen LogP contribution in [-0.4, -0.2) is 38.0 Å². The fourth-order valence-electron chi connectivity index (χ4n) is 1.79. The number of carbonyl (C=O) groups excluding carboxylic acids is 1. The summed E-state index contributed by atoms with van der Waals surface area (Å²) in [5.41, 5.74) is 0. The maximum Gasteiger partial charge on any atom is 0.305 e. The Morgan fingerprint density at radius 2 is 1.87 bits per heavy atom.